The minimum Gasteiger partial charge on any atom is -0.508 e. The van der Waals surface area contributed by atoms with Crippen molar-refractivity contribution in [2.24, 2.45) is 7.05 Å². The van der Waals surface area contributed by atoms with Crippen LogP contribution in [0.3, 0.4) is 0 Å². The van der Waals surface area contributed by atoms with E-state index in [-0.39, 0.29) is 24.1 Å². The third-order valence-electron chi connectivity index (χ3n) is 3.14. The van der Waals surface area contributed by atoms with Crippen molar-refractivity contribution in [2.75, 3.05) is 6.61 Å². The van der Waals surface area contributed by atoms with Crippen LogP contribution in [0.25, 0.3) is 0 Å². The topological polar surface area (TPSA) is 64.3 Å². The average Bonchev–Trinajstić information content (AvgIpc) is 2.84. The summed E-state index contributed by atoms with van der Waals surface area (Å²) in [6, 6.07) is 6.81. The van der Waals surface area contributed by atoms with Crippen molar-refractivity contribution in [1.82, 2.24) is 9.55 Å². The molecular formula is C15H18N2O3. The van der Waals surface area contributed by atoms with Crippen molar-refractivity contribution >= 4 is 5.97 Å². The molecule has 1 aromatic heterocycles. The monoisotopic (exact) mass is 274 g/mol. The maximum Gasteiger partial charge on any atom is 0.306 e. The zero-order valence-corrected chi connectivity index (χ0v) is 11.6. The first-order valence-corrected chi connectivity index (χ1v) is 6.53. The zero-order valence-electron chi connectivity index (χ0n) is 11.6. The molecule has 20 heavy (non-hydrogen) atoms. The molecule has 1 N–H and O–H groups in total. The van der Waals surface area contributed by atoms with Crippen LogP contribution in [-0.4, -0.2) is 27.2 Å². The molecule has 2 rings (SSSR count). The van der Waals surface area contributed by atoms with Crippen molar-refractivity contribution in [1.29, 1.82) is 0 Å². The molecule has 0 amide bonds. The van der Waals surface area contributed by atoms with Gasteiger partial charge in [-0.2, -0.15) is 0 Å². The molecular weight excluding hydrogens is 256 g/mol. The number of aryl methyl sites for hydroxylation is 1. The van der Waals surface area contributed by atoms with Gasteiger partial charge in [0.1, 0.15) is 11.6 Å². The number of phenols is 1. The highest BCUT2D eigenvalue weighted by Gasteiger charge is 2.22. The lowest BCUT2D eigenvalue weighted by atomic mass is 9.94. The Kier molecular flexibility index (Phi) is 4.40. The number of imidazole rings is 1. The van der Waals surface area contributed by atoms with Gasteiger partial charge in [0.2, 0.25) is 0 Å². The molecule has 106 valence electrons. The van der Waals surface area contributed by atoms with E-state index >= 15 is 0 Å². The highest BCUT2D eigenvalue weighted by Crippen LogP contribution is 2.28. The third-order valence-corrected chi connectivity index (χ3v) is 3.14. The fourth-order valence-electron chi connectivity index (χ4n) is 2.16. The summed E-state index contributed by atoms with van der Waals surface area (Å²) in [5.41, 5.74) is 0.921. The summed E-state index contributed by atoms with van der Waals surface area (Å²) in [7, 11) is 1.89. The van der Waals surface area contributed by atoms with Gasteiger partial charge in [0, 0.05) is 19.4 Å². The largest absolute Gasteiger partial charge is 0.508 e. The Hall–Kier alpha value is -2.30. The molecule has 0 aliphatic heterocycles. The molecule has 0 spiro atoms. The first-order valence-electron chi connectivity index (χ1n) is 6.53. The first-order chi connectivity index (χ1) is 9.61. The van der Waals surface area contributed by atoms with Gasteiger partial charge in [-0.15, -0.1) is 0 Å². The van der Waals surface area contributed by atoms with E-state index in [1.54, 1.807) is 37.4 Å². The minimum absolute atomic E-state index is 0.186. The normalized spacial score (nSPS) is 12.1. The number of phenolic OH excluding ortho intramolecular Hbond substituents is 1. The predicted octanol–water partition coefficient (Wildman–Crippen LogP) is 2.21. The SMILES string of the molecule is CCOC(=O)CC(c1ccc(O)cc1)c1nccn1C. The fourth-order valence-corrected chi connectivity index (χ4v) is 2.16. The highest BCUT2D eigenvalue weighted by molar-refractivity contribution is 5.71. The summed E-state index contributed by atoms with van der Waals surface area (Å²) in [5.74, 6) is 0.551. The molecule has 0 saturated carbocycles. The summed E-state index contributed by atoms with van der Waals surface area (Å²) < 4.78 is 6.92. The van der Waals surface area contributed by atoms with Crippen LogP contribution in [0.1, 0.15) is 30.7 Å². The number of nitrogens with zero attached hydrogens (tertiary/aromatic N) is 2. The number of aromatic hydroxyl groups is 1. The molecule has 1 unspecified atom stereocenters. The van der Waals surface area contributed by atoms with Crippen LogP contribution in [-0.2, 0) is 16.6 Å². The number of aromatic nitrogens is 2. The second kappa shape index (κ2) is 6.23. The maximum atomic E-state index is 11.8. The Bertz CT molecular complexity index is 575. The number of carbonyl (C=O) groups is 1. The quantitative estimate of drug-likeness (QED) is 0.849. The van der Waals surface area contributed by atoms with Crippen molar-refractivity contribution < 1.29 is 14.6 Å². The first kappa shape index (κ1) is 14.1. The van der Waals surface area contributed by atoms with Gasteiger partial charge in [0.05, 0.1) is 18.9 Å². The van der Waals surface area contributed by atoms with E-state index in [2.05, 4.69) is 4.98 Å². The molecule has 0 bridgehead atoms. The predicted molar refractivity (Wildman–Crippen MR) is 74.4 cm³/mol. The minimum atomic E-state index is -0.256. The van der Waals surface area contributed by atoms with Crippen molar-refractivity contribution in [2.45, 2.75) is 19.3 Å². The number of hydrogen-bond donors (Lipinski definition) is 1. The van der Waals surface area contributed by atoms with Crippen LogP contribution < -0.4 is 0 Å². The van der Waals surface area contributed by atoms with Crippen molar-refractivity contribution in [3.63, 3.8) is 0 Å². The highest BCUT2D eigenvalue weighted by atomic mass is 16.5. The Morgan fingerprint density at radius 1 is 1.40 bits per heavy atom. The van der Waals surface area contributed by atoms with Crippen LogP contribution >= 0.6 is 0 Å². The summed E-state index contributed by atoms with van der Waals surface area (Å²) >= 11 is 0. The van der Waals surface area contributed by atoms with Crippen LogP contribution in [0.2, 0.25) is 0 Å². The Balaban J connectivity index is 2.31. The smallest absolute Gasteiger partial charge is 0.306 e. The number of carbonyl (C=O) groups excluding carboxylic acids is 1. The van der Waals surface area contributed by atoms with Gasteiger partial charge < -0.3 is 14.4 Å². The molecule has 2 aromatic rings. The summed E-state index contributed by atoms with van der Waals surface area (Å²) in [4.78, 5) is 16.1. The second-order valence-electron chi connectivity index (χ2n) is 4.55. The third kappa shape index (κ3) is 3.17. The Morgan fingerprint density at radius 2 is 2.10 bits per heavy atom. The number of rotatable bonds is 5. The number of ether oxygens (including phenoxy) is 1. The molecule has 1 atom stereocenters. The molecule has 0 fully saturated rings. The standard InChI is InChI=1S/C15H18N2O3/c1-3-20-14(19)10-13(15-16-8-9-17(15)2)11-4-6-12(18)7-5-11/h4-9,13,18H,3,10H2,1-2H3. The fraction of sp³-hybridized carbons (Fsp3) is 0.333. The number of benzene rings is 1. The van der Waals surface area contributed by atoms with Crippen LogP contribution in [0.4, 0.5) is 0 Å². The molecule has 0 aliphatic carbocycles. The van der Waals surface area contributed by atoms with E-state index in [9.17, 15) is 9.90 Å². The second-order valence-corrected chi connectivity index (χ2v) is 4.55. The summed E-state index contributed by atoms with van der Waals surface area (Å²) in [5, 5.41) is 9.38. The van der Waals surface area contributed by atoms with E-state index in [1.165, 1.54) is 0 Å². The van der Waals surface area contributed by atoms with E-state index in [1.807, 2.05) is 17.8 Å². The van der Waals surface area contributed by atoms with Gasteiger partial charge in [0.25, 0.3) is 0 Å². The van der Waals surface area contributed by atoms with Gasteiger partial charge in [0.15, 0.2) is 0 Å². The van der Waals surface area contributed by atoms with Gasteiger partial charge in [-0.25, -0.2) is 4.98 Å². The van der Waals surface area contributed by atoms with E-state index in [0.717, 1.165) is 11.4 Å². The van der Waals surface area contributed by atoms with Gasteiger partial charge in [-0.05, 0) is 24.6 Å². The number of esters is 1. The average molecular weight is 274 g/mol. The lowest BCUT2D eigenvalue weighted by Crippen LogP contribution is -2.14. The van der Waals surface area contributed by atoms with E-state index in [4.69, 9.17) is 4.74 Å². The zero-order chi connectivity index (χ0) is 14.5. The van der Waals surface area contributed by atoms with Crippen LogP contribution in [0.5, 0.6) is 5.75 Å². The molecule has 0 saturated heterocycles. The van der Waals surface area contributed by atoms with Crippen molar-refractivity contribution in [3.8, 4) is 5.75 Å². The molecule has 5 nitrogen and oxygen atoms in total. The van der Waals surface area contributed by atoms with E-state index < -0.39 is 0 Å². The molecule has 1 heterocycles. The summed E-state index contributed by atoms with van der Waals surface area (Å²) in [6.07, 6.45) is 3.77. The Labute approximate surface area is 117 Å². The van der Waals surface area contributed by atoms with Gasteiger partial charge in [-0.1, -0.05) is 12.1 Å². The van der Waals surface area contributed by atoms with Crippen molar-refractivity contribution in [3.05, 3.63) is 48.0 Å². The van der Waals surface area contributed by atoms with E-state index in [0.29, 0.717) is 6.61 Å². The van der Waals surface area contributed by atoms with Crippen LogP contribution in [0.15, 0.2) is 36.7 Å². The van der Waals surface area contributed by atoms with Gasteiger partial charge >= 0.3 is 5.97 Å². The summed E-state index contributed by atoms with van der Waals surface area (Å²) in [6.45, 7) is 2.15. The molecule has 0 aliphatic rings. The van der Waals surface area contributed by atoms with Gasteiger partial charge in [-0.3, -0.25) is 4.79 Å². The lowest BCUT2D eigenvalue weighted by molar-refractivity contribution is -0.143. The number of hydrogen-bond acceptors (Lipinski definition) is 4. The van der Waals surface area contributed by atoms with Crippen LogP contribution in [0, 0.1) is 0 Å². The maximum absolute atomic E-state index is 11.8. The molecule has 0 radical (unpaired) electrons. The lowest BCUT2D eigenvalue weighted by Gasteiger charge is -2.16. The molecule has 5 heteroatoms. The Morgan fingerprint density at radius 3 is 2.65 bits per heavy atom. The molecule has 1 aromatic carbocycles.